The van der Waals surface area contributed by atoms with Gasteiger partial charge in [0.1, 0.15) is 5.01 Å². The van der Waals surface area contributed by atoms with Crippen LogP contribution in [0.25, 0.3) is 21.0 Å². The maximum atomic E-state index is 12.4. The zero-order valence-corrected chi connectivity index (χ0v) is 16.4. The van der Waals surface area contributed by atoms with E-state index in [9.17, 15) is 4.79 Å². The minimum Gasteiger partial charge on any atom is -0.302 e. The second-order valence-electron chi connectivity index (χ2n) is 5.68. The maximum Gasteiger partial charge on any atom is 0.232 e. The molecule has 4 rings (SSSR count). The first-order chi connectivity index (χ1) is 12.7. The topological polar surface area (TPSA) is 54.9 Å². The van der Waals surface area contributed by atoms with Gasteiger partial charge in [0, 0.05) is 16.3 Å². The predicted octanol–water partition coefficient (Wildman–Crippen LogP) is 5.48. The Morgan fingerprint density at radius 3 is 2.69 bits per heavy atom. The lowest BCUT2D eigenvalue weighted by Crippen LogP contribution is -2.14. The zero-order valence-electron chi connectivity index (χ0n) is 13.9. The molecule has 0 spiro atoms. The van der Waals surface area contributed by atoms with Gasteiger partial charge in [-0.05, 0) is 23.9 Å². The Labute approximate surface area is 163 Å². The summed E-state index contributed by atoms with van der Waals surface area (Å²) in [4.78, 5) is 22.5. The molecular formula is C19H15N3OS3. The van der Waals surface area contributed by atoms with E-state index in [1.807, 2.05) is 54.1 Å². The summed E-state index contributed by atoms with van der Waals surface area (Å²) in [6.07, 6.45) is 0.250. The summed E-state index contributed by atoms with van der Waals surface area (Å²) in [5.74, 6) is -0.0967. The van der Waals surface area contributed by atoms with Crippen molar-refractivity contribution in [1.82, 2.24) is 9.97 Å². The average Bonchev–Trinajstić information content (AvgIpc) is 3.36. The van der Waals surface area contributed by atoms with Crippen molar-refractivity contribution < 1.29 is 4.79 Å². The molecule has 26 heavy (non-hydrogen) atoms. The molecular weight excluding hydrogens is 382 g/mol. The quantitative estimate of drug-likeness (QED) is 0.485. The molecule has 0 atom stereocenters. The van der Waals surface area contributed by atoms with Crippen molar-refractivity contribution in [2.45, 2.75) is 13.3 Å². The summed E-state index contributed by atoms with van der Waals surface area (Å²) in [6.45, 7) is 1.96. The van der Waals surface area contributed by atoms with Crippen LogP contribution in [0.2, 0.25) is 0 Å². The summed E-state index contributed by atoms with van der Waals surface area (Å²) < 4.78 is 0. The van der Waals surface area contributed by atoms with Crippen LogP contribution in [0.15, 0.2) is 52.5 Å². The van der Waals surface area contributed by atoms with Crippen LogP contribution in [-0.2, 0) is 11.2 Å². The molecule has 0 saturated carbocycles. The van der Waals surface area contributed by atoms with Crippen molar-refractivity contribution in [2.24, 2.45) is 0 Å². The summed E-state index contributed by atoms with van der Waals surface area (Å²) >= 11 is 4.70. The number of amides is 1. The molecule has 7 heteroatoms. The number of carbonyl (C=O) groups is 1. The fourth-order valence-electron chi connectivity index (χ4n) is 2.54. The van der Waals surface area contributed by atoms with Gasteiger partial charge in [-0.1, -0.05) is 41.7 Å². The second-order valence-corrected chi connectivity index (χ2v) is 8.32. The normalized spacial score (nSPS) is 10.8. The molecule has 0 saturated heterocycles. The van der Waals surface area contributed by atoms with Crippen molar-refractivity contribution in [2.75, 3.05) is 5.32 Å². The fourth-order valence-corrected chi connectivity index (χ4v) is 5.06. The smallest absolute Gasteiger partial charge is 0.232 e. The Hall–Kier alpha value is -2.35. The molecule has 0 bridgehead atoms. The lowest BCUT2D eigenvalue weighted by molar-refractivity contribution is -0.115. The first kappa shape index (κ1) is 17.1. The van der Waals surface area contributed by atoms with Crippen LogP contribution in [0.1, 0.15) is 11.4 Å². The van der Waals surface area contributed by atoms with Crippen molar-refractivity contribution in [3.8, 4) is 21.0 Å². The van der Waals surface area contributed by atoms with E-state index in [0.717, 1.165) is 32.4 Å². The number of aromatic nitrogens is 2. The van der Waals surface area contributed by atoms with Crippen LogP contribution in [0.4, 0.5) is 5.13 Å². The number of nitrogens with zero attached hydrogens (tertiary/aromatic N) is 2. The van der Waals surface area contributed by atoms with Gasteiger partial charge in [-0.2, -0.15) is 11.3 Å². The molecule has 0 aliphatic carbocycles. The van der Waals surface area contributed by atoms with Crippen LogP contribution < -0.4 is 5.32 Å². The molecule has 0 unspecified atom stereocenters. The van der Waals surface area contributed by atoms with Crippen molar-refractivity contribution >= 4 is 45.0 Å². The number of thiazole rings is 2. The van der Waals surface area contributed by atoms with E-state index in [4.69, 9.17) is 0 Å². The van der Waals surface area contributed by atoms with Crippen LogP contribution >= 0.6 is 34.0 Å². The largest absolute Gasteiger partial charge is 0.302 e. The molecule has 4 aromatic rings. The standard InChI is InChI=1S/C19H15N3OS3/c1-12-17(13-5-3-2-4-6-13)26-19(20-12)22-16(23)9-15-11-25-18(21-15)14-7-8-24-10-14/h2-8,10-11H,9H2,1H3,(H,20,22,23). The first-order valence-electron chi connectivity index (χ1n) is 7.99. The van der Waals surface area contributed by atoms with E-state index in [1.165, 1.54) is 11.3 Å². The highest BCUT2D eigenvalue weighted by atomic mass is 32.1. The number of carbonyl (C=O) groups excluding carboxylic acids is 1. The van der Waals surface area contributed by atoms with E-state index in [2.05, 4.69) is 20.7 Å². The molecule has 3 aromatic heterocycles. The average molecular weight is 398 g/mol. The number of hydrogen-bond donors (Lipinski definition) is 1. The lowest BCUT2D eigenvalue weighted by Gasteiger charge is -1.99. The Bertz CT molecular complexity index is 1020. The molecule has 1 N–H and O–H groups in total. The molecule has 130 valence electrons. The number of anilines is 1. The first-order valence-corrected chi connectivity index (χ1v) is 10.6. The monoisotopic (exact) mass is 397 g/mol. The summed E-state index contributed by atoms with van der Waals surface area (Å²) in [6, 6.07) is 12.1. The number of nitrogens with one attached hydrogen (secondary N) is 1. The molecule has 1 amide bonds. The van der Waals surface area contributed by atoms with Gasteiger partial charge >= 0.3 is 0 Å². The minimum absolute atomic E-state index is 0.0967. The molecule has 0 fully saturated rings. The highest BCUT2D eigenvalue weighted by molar-refractivity contribution is 7.19. The second kappa shape index (κ2) is 7.49. The van der Waals surface area contributed by atoms with Gasteiger partial charge in [-0.3, -0.25) is 4.79 Å². The van der Waals surface area contributed by atoms with Gasteiger partial charge in [0.2, 0.25) is 5.91 Å². The number of rotatable bonds is 5. The molecule has 4 nitrogen and oxygen atoms in total. The fraction of sp³-hybridized carbons (Fsp3) is 0.105. The summed E-state index contributed by atoms with van der Waals surface area (Å²) in [7, 11) is 0. The van der Waals surface area contributed by atoms with Crippen LogP contribution in [-0.4, -0.2) is 15.9 Å². The maximum absolute atomic E-state index is 12.4. The third-order valence-electron chi connectivity index (χ3n) is 3.74. The van der Waals surface area contributed by atoms with Gasteiger partial charge in [0.05, 0.1) is 22.7 Å². The van der Waals surface area contributed by atoms with E-state index in [1.54, 1.807) is 22.7 Å². The number of thiophene rings is 1. The summed E-state index contributed by atoms with van der Waals surface area (Å²) in [5.41, 5.74) is 3.92. The van der Waals surface area contributed by atoms with Crippen molar-refractivity contribution in [1.29, 1.82) is 0 Å². The van der Waals surface area contributed by atoms with E-state index in [-0.39, 0.29) is 12.3 Å². The molecule has 0 radical (unpaired) electrons. The van der Waals surface area contributed by atoms with Crippen LogP contribution in [0.5, 0.6) is 0 Å². The highest BCUT2D eigenvalue weighted by Crippen LogP contribution is 2.32. The van der Waals surface area contributed by atoms with Gasteiger partial charge in [0.25, 0.3) is 0 Å². The lowest BCUT2D eigenvalue weighted by atomic mass is 10.2. The Kier molecular flexibility index (Phi) is 4.92. The zero-order chi connectivity index (χ0) is 17.9. The predicted molar refractivity (Wildman–Crippen MR) is 110 cm³/mol. The third kappa shape index (κ3) is 3.75. The van der Waals surface area contributed by atoms with Gasteiger partial charge in [0.15, 0.2) is 5.13 Å². The van der Waals surface area contributed by atoms with Crippen molar-refractivity contribution in [3.05, 3.63) is 63.9 Å². The van der Waals surface area contributed by atoms with E-state index in [0.29, 0.717) is 5.13 Å². The van der Waals surface area contributed by atoms with E-state index < -0.39 is 0 Å². The van der Waals surface area contributed by atoms with Crippen LogP contribution in [0, 0.1) is 6.92 Å². The van der Waals surface area contributed by atoms with Crippen LogP contribution in [0.3, 0.4) is 0 Å². The number of benzene rings is 1. The minimum atomic E-state index is -0.0967. The highest BCUT2D eigenvalue weighted by Gasteiger charge is 2.14. The molecule has 1 aromatic carbocycles. The van der Waals surface area contributed by atoms with Gasteiger partial charge in [-0.15, -0.1) is 11.3 Å². The number of hydrogen-bond acceptors (Lipinski definition) is 6. The Balaban J connectivity index is 1.44. The molecule has 3 heterocycles. The Morgan fingerprint density at radius 1 is 1.08 bits per heavy atom. The molecule has 0 aliphatic rings. The number of aryl methyl sites for hydroxylation is 1. The van der Waals surface area contributed by atoms with Crippen molar-refractivity contribution in [3.63, 3.8) is 0 Å². The van der Waals surface area contributed by atoms with Gasteiger partial charge in [-0.25, -0.2) is 9.97 Å². The van der Waals surface area contributed by atoms with E-state index >= 15 is 0 Å². The van der Waals surface area contributed by atoms with Gasteiger partial charge < -0.3 is 5.32 Å². The third-order valence-corrected chi connectivity index (χ3v) is 6.49. The molecule has 0 aliphatic heterocycles. The Morgan fingerprint density at radius 2 is 1.92 bits per heavy atom. The summed E-state index contributed by atoms with van der Waals surface area (Å²) in [5, 5.41) is 10.5. The SMILES string of the molecule is Cc1nc(NC(=O)Cc2csc(-c3ccsc3)n2)sc1-c1ccccc1.